The lowest BCUT2D eigenvalue weighted by atomic mass is 10.1. The summed E-state index contributed by atoms with van der Waals surface area (Å²) in [6.07, 6.45) is -4.07. The van der Waals surface area contributed by atoms with Gasteiger partial charge in [0.1, 0.15) is 11.7 Å². The molecule has 0 aliphatic rings. The van der Waals surface area contributed by atoms with Gasteiger partial charge in [0.05, 0.1) is 13.7 Å². The Kier molecular flexibility index (Phi) is 10.0. The predicted octanol–water partition coefficient (Wildman–Crippen LogP) is 1.63. The molecule has 28 heavy (non-hydrogen) atoms. The Bertz CT molecular complexity index is 692. The molecule has 0 fully saturated rings. The second-order valence-corrected chi connectivity index (χ2v) is 6.04. The molecule has 2 aromatic rings. The lowest BCUT2D eigenvalue weighted by Crippen LogP contribution is -2.51. The molecule has 0 unspecified atom stereocenters. The van der Waals surface area contributed by atoms with Crippen molar-refractivity contribution >= 4 is 5.97 Å². The summed E-state index contributed by atoms with van der Waals surface area (Å²) in [7, 11) is 1.70. The monoisotopic (exact) mass is 398 g/mol. The molecule has 0 saturated heterocycles. The highest BCUT2D eigenvalue weighted by Gasteiger charge is 2.28. The standard InChI is InChI=1S/C18H24N2O.C2HF3O2/c1-21-18-10-8-17(9-11-18)15-20(13-5-12-19)14-16-6-3-2-4-7-16;3-2(4,5)1(6)7/h2-4,6-11H,5,12-15,19H2,1H3;(H,6,7). The number of aliphatic carboxylic acids is 1. The van der Waals surface area contributed by atoms with E-state index in [1.165, 1.54) is 11.1 Å². The first-order valence-corrected chi connectivity index (χ1v) is 8.73. The summed E-state index contributed by atoms with van der Waals surface area (Å²) in [4.78, 5) is 11.3. The fraction of sp³-hybridized carbons (Fsp3) is 0.350. The third kappa shape index (κ3) is 9.38. The molecule has 0 atom stereocenters. The van der Waals surface area contributed by atoms with Crippen molar-refractivity contribution in [2.45, 2.75) is 25.7 Å². The van der Waals surface area contributed by atoms with Crippen LogP contribution in [0.4, 0.5) is 13.2 Å². The zero-order valence-corrected chi connectivity index (χ0v) is 15.7. The molecule has 2 aromatic carbocycles. The maximum absolute atomic E-state index is 10.5. The van der Waals surface area contributed by atoms with E-state index >= 15 is 0 Å². The van der Waals surface area contributed by atoms with Crippen LogP contribution in [-0.4, -0.2) is 37.2 Å². The van der Waals surface area contributed by atoms with E-state index in [4.69, 9.17) is 14.6 Å². The van der Waals surface area contributed by atoms with Gasteiger partial charge < -0.3 is 20.4 Å². The number of hydrogen-bond acceptors (Lipinski definition) is 4. The highest BCUT2D eigenvalue weighted by Crippen LogP contribution is 2.15. The molecule has 5 nitrogen and oxygen atoms in total. The third-order valence-electron chi connectivity index (χ3n) is 3.77. The molecule has 0 amide bonds. The Morgan fingerprint density at radius 1 is 1.04 bits per heavy atom. The Labute approximate surface area is 162 Å². The molecular formula is C20H25F3N2O3. The summed E-state index contributed by atoms with van der Waals surface area (Å²) in [5.41, 5.74) is 6.62. The Morgan fingerprint density at radius 2 is 1.54 bits per heavy atom. The van der Waals surface area contributed by atoms with Crippen molar-refractivity contribution in [3.8, 4) is 5.75 Å². The summed E-state index contributed by atoms with van der Waals surface area (Å²) in [6.45, 7) is 3.99. The van der Waals surface area contributed by atoms with Crippen molar-refractivity contribution in [3.05, 3.63) is 65.7 Å². The molecule has 0 aromatic heterocycles. The van der Waals surface area contributed by atoms with E-state index in [-0.39, 0.29) is 0 Å². The fourth-order valence-corrected chi connectivity index (χ4v) is 2.38. The lowest BCUT2D eigenvalue weighted by Gasteiger charge is -2.22. The number of quaternary nitrogens is 1. The van der Waals surface area contributed by atoms with E-state index in [1.54, 1.807) is 7.11 Å². The number of methoxy groups -OCH3 is 1. The van der Waals surface area contributed by atoms with Crippen LogP contribution in [0.5, 0.6) is 5.75 Å². The largest absolute Gasteiger partial charge is 0.542 e. The third-order valence-corrected chi connectivity index (χ3v) is 3.77. The van der Waals surface area contributed by atoms with Crippen LogP contribution in [0.1, 0.15) is 17.5 Å². The van der Waals surface area contributed by atoms with Gasteiger partial charge in [-0.3, -0.25) is 4.90 Å². The van der Waals surface area contributed by atoms with Crippen molar-refractivity contribution in [1.29, 1.82) is 0 Å². The summed E-state index contributed by atoms with van der Waals surface area (Å²) in [6, 6.07) is 19.0. The Balaban J connectivity index is 0.000000480. The minimum Gasteiger partial charge on any atom is -0.542 e. The first kappa shape index (κ1) is 23.5. The first-order chi connectivity index (χ1) is 13.3. The number of benzene rings is 2. The smallest absolute Gasteiger partial charge is 0.430 e. The molecule has 0 saturated carbocycles. The molecule has 2 rings (SSSR count). The van der Waals surface area contributed by atoms with E-state index in [0.29, 0.717) is 0 Å². The Morgan fingerprint density at radius 3 is 1.96 bits per heavy atom. The van der Waals surface area contributed by atoms with Crippen LogP contribution in [0.25, 0.3) is 0 Å². The number of carboxylic acids is 1. The predicted molar refractivity (Wildman–Crippen MR) is 97.0 cm³/mol. The molecule has 8 heteroatoms. The molecular weight excluding hydrogens is 373 g/mol. The van der Waals surface area contributed by atoms with Gasteiger partial charge in [-0.2, -0.15) is 13.2 Å². The second-order valence-electron chi connectivity index (χ2n) is 6.04. The number of ether oxygens (including phenoxy) is 1. The highest BCUT2D eigenvalue weighted by molar-refractivity contribution is 5.70. The van der Waals surface area contributed by atoms with Gasteiger partial charge in [0.2, 0.25) is 0 Å². The minimum atomic E-state index is -5.19. The van der Waals surface area contributed by atoms with E-state index in [9.17, 15) is 13.2 Å². The van der Waals surface area contributed by atoms with Crippen LogP contribution in [0.15, 0.2) is 54.6 Å². The Hall–Kier alpha value is -2.58. The van der Waals surface area contributed by atoms with E-state index < -0.39 is 12.1 Å². The first-order valence-electron chi connectivity index (χ1n) is 8.73. The maximum Gasteiger partial charge on any atom is 0.430 e. The van der Waals surface area contributed by atoms with E-state index in [2.05, 4.69) is 53.1 Å². The van der Waals surface area contributed by atoms with Crippen molar-refractivity contribution < 1.29 is 33.5 Å². The maximum atomic E-state index is 10.5. The molecule has 0 radical (unpaired) electrons. The van der Waals surface area contributed by atoms with Gasteiger partial charge in [-0.15, -0.1) is 0 Å². The summed E-state index contributed by atoms with van der Waals surface area (Å²) < 4.78 is 36.8. The molecule has 0 spiro atoms. The van der Waals surface area contributed by atoms with Crippen LogP contribution < -0.4 is 15.6 Å². The number of carbonyl (C=O) groups is 1. The quantitative estimate of drug-likeness (QED) is 0.733. The summed E-state index contributed by atoms with van der Waals surface area (Å²) in [5.74, 6) is -2.10. The normalized spacial score (nSPS) is 10.9. The van der Waals surface area contributed by atoms with Gasteiger partial charge in [0, 0.05) is 26.1 Å². The van der Waals surface area contributed by atoms with Crippen LogP contribution >= 0.6 is 0 Å². The number of rotatable bonds is 8. The number of nitrogens with zero attached hydrogens (tertiary/aromatic N) is 1. The van der Waals surface area contributed by atoms with Gasteiger partial charge in [0.25, 0.3) is 0 Å². The number of carbonyl (C=O) groups excluding carboxylic acids is 1. The molecule has 0 bridgehead atoms. The number of alkyl halides is 3. The molecule has 0 aliphatic carbocycles. The fourth-order valence-electron chi connectivity index (χ4n) is 2.38. The molecule has 0 heterocycles. The van der Waals surface area contributed by atoms with Gasteiger partial charge in [-0.1, -0.05) is 42.5 Å². The minimum absolute atomic E-state index is 0.908. The van der Waals surface area contributed by atoms with Crippen LogP contribution in [0.3, 0.4) is 0 Å². The van der Waals surface area contributed by atoms with Crippen molar-refractivity contribution in [3.63, 3.8) is 0 Å². The van der Waals surface area contributed by atoms with Crippen molar-refractivity contribution in [2.24, 2.45) is 0 Å². The highest BCUT2D eigenvalue weighted by atomic mass is 19.4. The van der Waals surface area contributed by atoms with Gasteiger partial charge in [-0.05, 0) is 23.3 Å². The zero-order valence-electron chi connectivity index (χ0n) is 15.7. The van der Waals surface area contributed by atoms with Crippen LogP contribution in [0.2, 0.25) is 0 Å². The average Bonchev–Trinajstić information content (AvgIpc) is 2.67. The average molecular weight is 398 g/mol. The molecule has 154 valence electrons. The van der Waals surface area contributed by atoms with E-state index in [0.717, 1.165) is 38.3 Å². The van der Waals surface area contributed by atoms with E-state index in [1.807, 2.05) is 12.1 Å². The van der Waals surface area contributed by atoms with Gasteiger partial charge >= 0.3 is 6.18 Å². The number of halogens is 3. The van der Waals surface area contributed by atoms with Crippen molar-refractivity contribution in [2.75, 3.05) is 20.2 Å². The van der Waals surface area contributed by atoms with Crippen LogP contribution in [0, 0.1) is 0 Å². The number of carboxylic acid groups (broad SMARTS) is 1. The van der Waals surface area contributed by atoms with Gasteiger partial charge in [-0.25, -0.2) is 0 Å². The summed E-state index contributed by atoms with van der Waals surface area (Å²) >= 11 is 0. The van der Waals surface area contributed by atoms with Crippen LogP contribution in [-0.2, 0) is 17.9 Å². The lowest BCUT2D eigenvalue weighted by molar-refractivity contribution is -0.368. The molecule has 0 aliphatic heterocycles. The summed E-state index contributed by atoms with van der Waals surface area (Å²) in [5, 5.41) is 8.78. The zero-order chi connectivity index (χ0) is 21.0. The second kappa shape index (κ2) is 12.0. The topological polar surface area (TPSA) is 80.2 Å². The van der Waals surface area contributed by atoms with Crippen molar-refractivity contribution in [1.82, 2.24) is 4.90 Å². The van der Waals surface area contributed by atoms with Gasteiger partial charge in [0.15, 0.2) is 0 Å². The number of hydrogen-bond donors (Lipinski definition) is 1. The SMILES string of the molecule is COc1ccc(CN(CCC[NH3+])Cc2ccccc2)cc1.O=C([O-])C(F)(F)F. The molecule has 3 N–H and O–H groups in total.